The van der Waals surface area contributed by atoms with Crippen LogP contribution in [0.4, 0.5) is 15.2 Å². The highest BCUT2D eigenvalue weighted by molar-refractivity contribution is 7.10. The Bertz CT molecular complexity index is 1150. The van der Waals surface area contributed by atoms with Crippen LogP contribution in [0, 0.1) is 6.92 Å². The third-order valence-corrected chi connectivity index (χ3v) is 5.84. The Kier molecular flexibility index (Phi) is 4.32. The van der Waals surface area contributed by atoms with Gasteiger partial charge >= 0.3 is 0 Å². The molecule has 8 nitrogen and oxygen atoms in total. The molecule has 2 N–H and O–H groups in total. The Labute approximate surface area is 171 Å². The number of halogens is 1. The smallest absolute Gasteiger partial charge is 0.180 e. The topological polar surface area (TPSA) is 87.0 Å². The van der Waals surface area contributed by atoms with E-state index in [1.54, 1.807) is 13.1 Å². The number of likely N-dealkylation sites (tertiary alicyclic amines) is 1. The van der Waals surface area contributed by atoms with Crippen LogP contribution >= 0.6 is 11.5 Å². The zero-order valence-corrected chi connectivity index (χ0v) is 17.0. The Morgan fingerprint density at radius 1 is 1.38 bits per heavy atom. The van der Waals surface area contributed by atoms with Gasteiger partial charge in [0.05, 0.1) is 29.5 Å². The minimum atomic E-state index is -1.10. The van der Waals surface area contributed by atoms with Gasteiger partial charge in [-0.1, -0.05) is 0 Å². The molecule has 1 unspecified atom stereocenters. The first-order valence-electron chi connectivity index (χ1n) is 9.45. The van der Waals surface area contributed by atoms with E-state index in [1.165, 1.54) is 11.5 Å². The lowest BCUT2D eigenvalue weighted by Crippen LogP contribution is -2.25. The van der Waals surface area contributed by atoms with Crippen LogP contribution in [-0.2, 0) is 6.54 Å². The molecule has 0 aliphatic carbocycles. The van der Waals surface area contributed by atoms with Crippen molar-refractivity contribution in [3.8, 4) is 11.3 Å². The second-order valence-electron chi connectivity index (χ2n) is 7.74. The standard InChI is InChI=1S/C19H21FN8S/c1-12-9-28-15(13-6-22-23-7-13)8-21-18(28)17(24-12)25-16-5-14(26-29-16)10-27-4-3-19(2,20)11-27/h5-9H,3-4,10-11H2,1-2H3,(H,22,23)(H,24,25). The lowest BCUT2D eigenvalue weighted by atomic mass is 10.1. The summed E-state index contributed by atoms with van der Waals surface area (Å²) in [5.41, 5.74) is 3.33. The van der Waals surface area contributed by atoms with E-state index in [0.29, 0.717) is 25.3 Å². The molecule has 5 rings (SSSR count). The van der Waals surface area contributed by atoms with E-state index >= 15 is 0 Å². The fourth-order valence-corrected chi connectivity index (χ4v) is 4.40. The van der Waals surface area contributed by atoms with Crippen LogP contribution < -0.4 is 5.32 Å². The maximum atomic E-state index is 14.1. The average Bonchev–Trinajstić information content (AvgIpc) is 3.42. The van der Waals surface area contributed by atoms with Gasteiger partial charge in [-0.3, -0.25) is 14.4 Å². The fourth-order valence-electron chi connectivity index (χ4n) is 3.74. The zero-order chi connectivity index (χ0) is 20.0. The van der Waals surface area contributed by atoms with Gasteiger partial charge in [0.15, 0.2) is 11.5 Å². The van der Waals surface area contributed by atoms with E-state index in [4.69, 9.17) is 0 Å². The van der Waals surface area contributed by atoms with Crippen LogP contribution in [0.15, 0.2) is 30.9 Å². The highest BCUT2D eigenvalue weighted by atomic mass is 32.1. The van der Waals surface area contributed by atoms with Gasteiger partial charge in [-0.25, -0.2) is 14.4 Å². The van der Waals surface area contributed by atoms with Crippen molar-refractivity contribution in [3.63, 3.8) is 0 Å². The molecule has 0 spiro atoms. The Morgan fingerprint density at radius 3 is 3.03 bits per heavy atom. The molecule has 5 heterocycles. The van der Waals surface area contributed by atoms with Crippen LogP contribution in [-0.4, -0.2) is 52.6 Å². The molecular weight excluding hydrogens is 391 g/mol. The van der Waals surface area contributed by atoms with Gasteiger partial charge in [-0.05, 0) is 37.9 Å². The number of rotatable bonds is 5. The highest BCUT2D eigenvalue weighted by Gasteiger charge is 2.33. The second-order valence-corrected chi connectivity index (χ2v) is 8.54. The summed E-state index contributed by atoms with van der Waals surface area (Å²) in [5.74, 6) is 0.674. The molecule has 1 saturated heterocycles. The van der Waals surface area contributed by atoms with Gasteiger partial charge in [-0.15, -0.1) is 0 Å². The predicted octanol–water partition coefficient (Wildman–Crippen LogP) is 3.56. The van der Waals surface area contributed by atoms with Crippen molar-refractivity contribution >= 4 is 28.0 Å². The highest BCUT2D eigenvalue weighted by Crippen LogP contribution is 2.29. The van der Waals surface area contributed by atoms with Crippen LogP contribution in [0.5, 0.6) is 0 Å². The Hall–Kier alpha value is -2.85. The Morgan fingerprint density at radius 2 is 2.28 bits per heavy atom. The van der Waals surface area contributed by atoms with Gasteiger partial charge in [0.25, 0.3) is 0 Å². The summed E-state index contributed by atoms with van der Waals surface area (Å²) >= 11 is 1.37. The van der Waals surface area contributed by atoms with E-state index in [-0.39, 0.29) is 0 Å². The monoisotopic (exact) mass is 412 g/mol. The number of aromatic nitrogens is 6. The molecule has 0 aromatic carbocycles. The summed E-state index contributed by atoms with van der Waals surface area (Å²) < 4.78 is 20.6. The predicted molar refractivity (Wildman–Crippen MR) is 110 cm³/mol. The van der Waals surface area contributed by atoms with Crippen molar-refractivity contribution in [2.75, 3.05) is 18.4 Å². The van der Waals surface area contributed by atoms with Crippen molar-refractivity contribution in [3.05, 3.63) is 42.2 Å². The van der Waals surface area contributed by atoms with Crippen molar-refractivity contribution in [2.24, 2.45) is 0 Å². The number of nitrogens with zero attached hydrogens (tertiary/aromatic N) is 6. The summed E-state index contributed by atoms with van der Waals surface area (Å²) in [6, 6.07) is 2.00. The van der Waals surface area contributed by atoms with E-state index < -0.39 is 5.67 Å². The molecule has 4 aromatic rings. The van der Waals surface area contributed by atoms with E-state index in [0.717, 1.165) is 39.8 Å². The summed E-state index contributed by atoms with van der Waals surface area (Å²) in [4.78, 5) is 11.3. The minimum absolute atomic E-state index is 0.457. The van der Waals surface area contributed by atoms with Gasteiger partial charge in [-0.2, -0.15) is 9.47 Å². The van der Waals surface area contributed by atoms with E-state index in [2.05, 4.69) is 34.8 Å². The molecule has 1 fully saturated rings. The number of fused-ring (bicyclic) bond motifs is 1. The normalized spacial score (nSPS) is 20.0. The molecule has 4 aromatic heterocycles. The first kappa shape index (κ1) is 18.2. The molecule has 0 amide bonds. The number of imidazole rings is 1. The Balaban J connectivity index is 1.39. The number of H-pyrrole nitrogens is 1. The number of hydrogen-bond acceptors (Lipinski definition) is 7. The summed E-state index contributed by atoms with van der Waals surface area (Å²) in [6.45, 7) is 5.49. The molecular formula is C19H21FN8S. The van der Waals surface area contributed by atoms with Gasteiger partial charge in [0.1, 0.15) is 10.7 Å². The lowest BCUT2D eigenvalue weighted by molar-refractivity contribution is 0.186. The first-order valence-corrected chi connectivity index (χ1v) is 10.2. The molecule has 150 valence electrons. The summed E-state index contributed by atoms with van der Waals surface area (Å²) in [5, 5.41) is 11.1. The van der Waals surface area contributed by atoms with Crippen molar-refractivity contribution in [1.29, 1.82) is 0 Å². The average molecular weight is 412 g/mol. The molecule has 0 bridgehead atoms. The number of alkyl halides is 1. The molecule has 1 aliphatic heterocycles. The SMILES string of the molecule is Cc1cn2c(-c3cn[nH]c3)cnc2c(Nc2cc(CN3CCC(C)(F)C3)ns2)n1. The van der Waals surface area contributed by atoms with E-state index in [9.17, 15) is 4.39 Å². The fraction of sp³-hybridized carbons (Fsp3) is 0.368. The zero-order valence-electron chi connectivity index (χ0n) is 16.2. The van der Waals surface area contributed by atoms with Crippen molar-refractivity contribution in [2.45, 2.75) is 32.5 Å². The van der Waals surface area contributed by atoms with Crippen LogP contribution in [0.2, 0.25) is 0 Å². The molecule has 0 radical (unpaired) electrons. The molecule has 10 heteroatoms. The third kappa shape index (κ3) is 3.60. The summed E-state index contributed by atoms with van der Waals surface area (Å²) in [6.07, 6.45) is 7.94. The number of aromatic amines is 1. The number of hydrogen-bond donors (Lipinski definition) is 2. The van der Waals surface area contributed by atoms with Crippen LogP contribution in [0.1, 0.15) is 24.7 Å². The van der Waals surface area contributed by atoms with Gasteiger partial charge in [0, 0.05) is 37.6 Å². The van der Waals surface area contributed by atoms with Gasteiger partial charge in [0.2, 0.25) is 0 Å². The first-order chi connectivity index (χ1) is 14.0. The number of aryl methyl sites for hydroxylation is 1. The van der Waals surface area contributed by atoms with Gasteiger partial charge < -0.3 is 5.32 Å². The van der Waals surface area contributed by atoms with Crippen molar-refractivity contribution < 1.29 is 4.39 Å². The van der Waals surface area contributed by atoms with Crippen LogP contribution in [0.3, 0.4) is 0 Å². The molecule has 1 aliphatic rings. The minimum Gasteiger partial charge on any atom is -0.328 e. The second kappa shape index (κ2) is 6.89. The quantitative estimate of drug-likeness (QED) is 0.521. The maximum absolute atomic E-state index is 14.1. The maximum Gasteiger partial charge on any atom is 0.180 e. The molecule has 29 heavy (non-hydrogen) atoms. The molecule has 1 atom stereocenters. The lowest BCUT2D eigenvalue weighted by Gasteiger charge is -2.15. The number of nitrogens with one attached hydrogen (secondary N) is 2. The molecule has 0 saturated carbocycles. The van der Waals surface area contributed by atoms with Crippen molar-refractivity contribution in [1.82, 2.24) is 33.8 Å². The number of anilines is 2. The third-order valence-electron chi connectivity index (χ3n) is 5.10. The summed E-state index contributed by atoms with van der Waals surface area (Å²) in [7, 11) is 0. The van der Waals surface area contributed by atoms with Crippen LogP contribution in [0.25, 0.3) is 16.9 Å². The van der Waals surface area contributed by atoms with E-state index in [1.807, 2.05) is 36.0 Å². The largest absolute Gasteiger partial charge is 0.328 e.